The topological polar surface area (TPSA) is 87.7 Å². The number of amides is 1. The highest BCUT2D eigenvalue weighted by Crippen LogP contribution is 2.15. The van der Waals surface area contributed by atoms with E-state index < -0.39 is 23.5 Å². The molecule has 0 radical (unpaired) electrons. The van der Waals surface area contributed by atoms with E-state index in [2.05, 4.69) is 10.5 Å². The molecule has 1 amide bonds. The number of oxime groups is 1. The first-order chi connectivity index (χ1) is 8.49. The molecule has 0 saturated heterocycles. The van der Waals surface area contributed by atoms with Crippen molar-refractivity contribution in [1.29, 1.82) is 0 Å². The van der Waals surface area contributed by atoms with Crippen molar-refractivity contribution in [2.75, 3.05) is 5.32 Å². The van der Waals surface area contributed by atoms with Crippen molar-refractivity contribution in [1.82, 2.24) is 0 Å². The maximum Gasteiger partial charge on any atom is 0.235 e. The van der Waals surface area contributed by atoms with Crippen LogP contribution in [0.2, 0.25) is 0 Å². The fraction of sp³-hybridized carbons (Fsp3) is 0.273. The van der Waals surface area contributed by atoms with Crippen LogP contribution in [0.1, 0.15) is 13.3 Å². The number of carbonyl (C=O) groups is 1. The quantitative estimate of drug-likeness (QED) is 0.332. The lowest BCUT2D eigenvalue weighted by Crippen LogP contribution is -2.34. The van der Waals surface area contributed by atoms with Gasteiger partial charge in [0.05, 0.1) is 5.92 Å². The van der Waals surface area contributed by atoms with Gasteiger partial charge in [-0.2, -0.15) is 0 Å². The molecule has 0 saturated carbocycles. The number of halogens is 2. The van der Waals surface area contributed by atoms with Crippen LogP contribution >= 0.6 is 0 Å². The molecular formula is C11H13F2N3O2. The molecule has 1 aromatic carbocycles. The molecule has 0 aromatic heterocycles. The summed E-state index contributed by atoms with van der Waals surface area (Å²) in [5.41, 5.74) is 5.44. The first-order valence-corrected chi connectivity index (χ1v) is 5.23. The summed E-state index contributed by atoms with van der Waals surface area (Å²) < 4.78 is 25.6. The van der Waals surface area contributed by atoms with E-state index in [0.717, 1.165) is 12.1 Å². The van der Waals surface area contributed by atoms with Gasteiger partial charge < -0.3 is 16.3 Å². The molecule has 0 aliphatic heterocycles. The Hall–Kier alpha value is -2.18. The molecule has 1 unspecified atom stereocenters. The highest BCUT2D eigenvalue weighted by Gasteiger charge is 2.21. The van der Waals surface area contributed by atoms with Gasteiger partial charge in [0.15, 0.2) is 17.5 Å². The lowest BCUT2D eigenvalue weighted by Gasteiger charge is -2.13. The largest absolute Gasteiger partial charge is 0.409 e. The lowest BCUT2D eigenvalue weighted by atomic mass is 10.0. The average Bonchev–Trinajstić information content (AvgIpc) is 2.34. The summed E-state index contributed by atoms with van der Waals surface area (Å²) in [6.45, 7) is 1.67. The van der Waals surface area contributed by atoms with Gasteiger partial charge in [0, 0.05) is 11.8 Å². The van der Waals surface area contributed by atoms with Crippen molar-refractivity contribution in [2.24, 2.45) is 16.8 Å². The molecule has 0 aliphatic rings. The van der Waals surface area contributed by atoms with E-state index in [1.807, 2.05) is 0 Å². The standard InChI is InChI=1S/C11H13F2N3O2/c1-2-7(10(14)16-18)11(17)15-6-3-4-8(12)9(13)5-6/h3-5,7,18H,2H2,1H3,(H2,14,16)(H,15,17). The Morgan fingerprint density at radius 3 is 2.67 bits per heavy atom. The van der Waals surface area contributed by atoms with Crippen LogP contribution in [0.15, 0.2) is 23.4 Å². The number of nitrogens with one attached hydrogen (secondary N) is 1. The van der Waals surface area contributed by atoms with Crippen molar-refractivity contribution in [2.45, 2.75) is 13.3 Å². The Labute approximate surface area is 102 Å². The third-order valence-electron chi connectivity index (χ3n) is 2.38. The van der Waals surface area contributed by atoms with Gasteiger partial charge >= 0.3 is 0 Å². The van der Waals surface area contributed by atoms with Crippen LogP contribution in [0.3, 0.4) is 0 Å². The SMILES string of the molecule is CCC(C(=O)Nc1ccc(F)c(F)c1)C(N)=NO. The summed E-state index contributed by atoms with van der Waals surface area (Å²) in [7, 11) is 0. The van der Waals surface area contributed by atoms with Gasteiger partial charge in [-0.1, -0.05) is 12.1 Å². The Balaban J connectivity index is 2.83. The molecule has 5 nitrogen and oxygen atoms in total. The molecule has 98 valence electrons. The number of carbonyl (C=O) groups excluding carboxylic acids is 1. The minimum Gasteiger partial charge on any atom is -0.409 e. The summed E-state index contributed by atoms with van der Waals surface area (Å²) in [4.78, 5) is 11.7. The molecule has 4 N–H and O–H groups in total. The molecule has 1 atom stereocenters. The summed E-state index contributed by atoms with van der Waals surface area (Å²) in [6.07, 6.45) is 0.311. The van der Waals surface area contributed by atoms with Crippen LogP contribution in [0, 0.1) is 17.6 Å². The molecule has 18 heavy (non-hydrogen) atoms. The first-order valence-electron chi connectivity index (χ1n) is 5.23. The van der Waals surface area contributed by atoms with Crippen LogP contribution in [0.4, 0.5) is 14.5 Å². The molecular weight excluding hydrogens is 244 g/mol. The van der Waals surface area contributed by atoms with Gasteiger partial charge in [-0.05, 0) is 18.6 Å². The van der Waals surface area contributed by atoms with Crippen molar-refractivity contribution < 1.29 is 18.8 Å². The number of hydrogen-bond acceptors (Lipinski definition) is 3. The number of hydrogen-bond donors (Lipinski definition) is 3. The number of amidine groups is 1. The van der Waals surface area contributed by atoms with E-state index in [1.165, 1.54) is 6.07 Å². The Morgan fingerprint density at radius 1 is 1.50 bits per heavy atom. The zero-order valence-electron chi connectivity index (χ0n) is 9.65. The van der Waals surface area contributed by atoms with Crippen LogP contribution in [0.25, 0.3) is 0 Å². The van der Waals surface area contributed by atoms with E-state index in [1.54, 1.807) is 6.92 Å². The summed E-state index contributed by atoms with van der Waals surface area (Å²) in [5.74, 6) is -3.69. The monoisotopic (exact) mass is 257 g/mol. The van der Waals surface area contributed by atoms with E-state index in [-0.39, 0.29) is 11.5 Å². The smallest absolute Gasteiger partial charge is 0.235 e. The predicted octanol–water partition coefficient (Wildman–Crippen LogP) is 1.68. The van der Waals surface area contributed by atoms with Crippen LogP contribution in [-0.2, 0) is 4.79 Å². The summed E-state index contributed by atoms with van der Waals surface area (Å²) in [6, 6.07) is 2.97. The zero-order valence-corrected chi connectivity index (χ0v) is 9.65. The molecule has 1 rings (SSSR count). The summed E-state index contributed by atoms with van der Waals surface area (Å²) >= 11 is 0. The molecule has 0 heterocycles. The van der Waals surface area contributed by atoms with Gasteiger partial charge in [0.2, 0.25) is 5.91 Å². The Morgan fingerprint density at radius 2 is 2.17 bits per heavy atom. The predicted molar refractivity (Wildman–Crippen MR) is 62.2 cm³/mol. The molecule has 0 bridgehead atoms. The van der Waals surface area contributed by atoms with E-state index in [4.69, 9.17) is 10.9 Å². The Bertz CT molecular complexity index is 477. The Kier molecular flexibility index (Phi) is 4.59. The van der Waals surface area contributed by atoms with E-state index in [0.29, 0.717) is 6.42 Å². The number of nitrogens with zero attached hydrogens (tertiary/aromatic N) is 1. The zero-order chi connectivity index (χ0) is 13.7. The number of rotatable bonds is 4. The molecule has 1 aromatic rings. The molecule has 0 fully saturated rings. The van der Waals surface area contributed by atoms with Crippen LogP contribution < -0.4 is 11.1 Å². The highest BCUT2D eigenvalue weighted by atomic mass is 19.2. The minimum absolute atomic E-state index is 0.100. The fourth-order valence-corrected chi connectivity index (χ4v) is 1.40. The van der Waals surface area contributed by atoms with Crippen molar-refractivity contribution in [3.05, 3.63) is 29.8 Å². The first kappa shape index (κ1) is 13.9. The third kappa shape index (κ3) is 3.16. The molecule has 0 aliphatic carbocycles. The molecule has 7 heteroatoms. The second-order valence-electron chi connectivity index (χ2n) is 3.60. The van der Waals surface area contributed by atoms with Gasteiger partial charge in [0.1, 0.15) is 0 Å². The number of anilines is 1. The minimum atomic E-state index is -1.07. The molecule has 0 spiro atoms. The van der Waals surface area contributed by atoms with Crippen molar-refractivity contribution >= 4 is 17.4 Å². The van der Waals surface area contributed by atoms with Gasteiger partial charge in [0.25, 0.3) is 0 Å². The van der Waals surface area contributed by atoms with Gasteiger partial charge in [-0.3, -0.25) is 4.79 Å². The van der Waals surface area contributed by atoms with Gasteiger partial charge in [-0.25, -0.2) is 8.78 Å². The highest BCUT2D eigenvalue weighted by molar-refractivity contribution is 6.07. The second-order valence-corrected chi connectivity index (χ2v) is 3.60. The van der Waals surface area contributed by atoms with E-state index in [9.17, 15) is 13.6 Å². The number of nitrogens with two attached hydrogens (primary N) is 1. The maximum absolute atomic E-state index is 12.9. The van der Waals surface area contributed by atoms with E-state index >= 15 is 0 Å². The third-order valence-corrected chi connectivity index (χ3v) is 2.38. The second kappa shape index (κ2) is 5.95. The summed E-state index contributed by atoms with van der Waals surface area (Å²) in [5, 5.41) is 13.6. The van der Waals surface area contributed by atoms with Gasteiger partial charge in [-0.15, -0.1) is 0 Å². The van der Waals surface area contributed by atoms with Crippen LogP contribution in [0.5, 0.6) is 0 Å². The maximum atomic E-state index is 12.9. The van der Waals surface area contributed by atoms with Crippen LogP contribution in [-0.4, -0.2) is 17.0 Å². The number of benzene rings is 1. The average molecular weight is 257 g/mol. The lowest BCUT2D eigenvalue weighted by molar-refractivity contribution is -0.118. The van der Waals surface area contributed by atoms with Crippen molar-refractivity contribution in [3.8, 4) is 0 Å². The fourth-order valence-electron chi connectivity index (χ4n) is 1.40. The normalized spacial score (nSPS) is 13.2. The van der Waals surface area contributed by atoms with Crippen molar-refractivity contribution in [3.63, 3.8) is 0 Å².